The lowest BCUT2D eigenvalue weighted by Gasteiger charge is -2.33. The lowest BCUT2D eigenvalue weighted by molar-refractivity contribution is -0.130. The van der Waals surface area contributed by atoms with Gasteiger partial charge >= 0.3 is 0 Å². The molecule has 4 rings (SSSR count). The number of carbonyl (C=O) groups excluding carboxylic acids is 1. The van der Waals surface area contributed by atoms with Crippen LogP contribution in [0.5, 0.6) is 0 Å². The van der Waals surface area contributed by atoms with Gasteiger partial charge in [0.05, 0.1) is 6.54 Å². The molecule has 0 radical (unpaired) electrons. The predicted octanol–water partition coefficient (Wildman–Crippen LogP) is 2.06. The van der Waals surface area contributed by atoms with Crippen LogP contribution in [-0.4, -0.2) is 56.7 Å². The van der Waals surface area contributed by atoms with E-state index in [1.807, 2.05) is 4.90 Å². The fourth-order valence-corrected chi connectivity index (χ4v) is 4.13. The quantitative estimate of drug-likeness (QED) is 0.844. The second kappa shape index (κ2) is 7.58. The molecular weight excluding hydrogens is 326 g/mol. The van der Waals surface area contributed by atoms with Crippen molar-refractivity contribution < 1.29 is 4.79 Å². The van der Waals surface area contributed by atoms with Crippen molar-refractivity contribution >= 4 is 5.91 Å². The van der Waals surface area contributed by atoms with Crippen LogP contribution in [-0.2, 0) is 24.3 Å². The number of benzene rings is 1. The number of fused-ring (bicyclic) bond motifs is 1. The molecule has 1 amide bonds. The molecule has 26 heavy (non-hydrogen) atoms. The molecule has 0 spiro atoms. The highest BCUT2D eigenvalue weighted by atomic mass is 16.2. The molecule has 6 nitrogen and oxygen atoms in total. The molecule has 138 valence electrons. The first-order valence-corrected chi connectivity index (χ1v) is 9.64. The smallest absolute Gasteiger partial charge is 0.219 e. The second-order valence-corrected chi connectivity index (χ2v) is 7.44. The van der Waals surface area contributed by atoms with Gasteiger partial charge in [-0.25, -0.2) is 0 Å². The van der Waals surface area contributed by atoms with Crippen molar-refractivity contribution in [3.8, 4) is 0 Å². The first-order chi connectivity index (χ1) is 12.7. The Labute approximate surface area is 154 Å². The highest BCUT2D eigenvalue weighted by Gasteiger charge is 2.29. The summed E-state index contributed by atoms with van der Waals surface area (Å²) < 4.78 is 2.30. The highest BCUT2D eigenvalue weighted by Crippen LogP contribution is 2.27. The van der Waals surface area contributed by atoms with Gasteiger partial charge in [0.2, 0.25) is 5.91 Å². The lowest BCUT2D eigenvalue weighted by atomic mass is 9.97. The summed E-state index contributed by atoms with van der Waals surface area (Å²) in [6, 6.07) is 10.6. The first-order valence-electron chi connectivity index (χ1n) is 9.64. The van der Waals surface area contributed by atoms with E-state index in [0.717, 1.165) is 70.2 Å². The Bertz CT molecular complexity index is 757. The number of aromatic nitrogens is 3. The van der Waals surface area contributed by atoms with E-state index in [1.54, 1.807) is 6.92 Å². The number of hydrogen-bond acceptors (Lipinski definition) is 4. The van der Waals surface area contributed by atoms with Gasteiger partial charge in [0.25, 0.3) is 0 Å². The van der Waals surface area contributed by atoms with Crippen LogP contribution in [0.1, 0.15) is 42.9 Å². The van der Waals surface area contributed by atoms with Gasteiger partial charge in [-0.1, -0.05) is 30.3 Å². The van der Waals surface area contributed by atoms with Crippen molar-refractivity contribution in [2.75, 3.05) is 26.2 Å². The summed E-state index contributed by atoms with van der Waals surface area (Å²) in [5.41, 5.74) is 1.38. The Kier molecular flexibility index (Phi) is 5.02. The summed E-state index contributed by atoms with van der Waals surface area (Å²) in [5, 5.41) is 8.99. The van der Waals surface area contributed by atoms with E-state index in [0.29, 0.717) is 5.92 Å². The molecule has 3 heterocycles. The molecule has 0 aliphatic carbocycles. The fourth-order valence-electron chi connectivity index (χ4n) is 4.13. The Morgan fingerprint density at radius 1 is 1.15 bits per heavy atom. The summed E-state index contributed by atoms with van der Waals surface area (Å²) >= 11 is 0. The Balaban J connectivity index is 1.39. The molecule has 2 aliphatic rings. The number of nitrogens with zero attached hydrogens (tertiary/aromatic N) is 5. The van der Waals surface area contributed by atoms with Crippen molar-refractivity contribution in [2.45, 2.75) is 45.2 Å². The summed E-state index contributed by atoms with van der Waals surface area (Å²) in [5.74, 6) is 2.64. The van der Waals surface area contributed by atoms with Crippen LogP contribution >= 0.6 is 0 Å². The second-order valence-electron chi connectivity index (χ2n) is 7.44. The van der Waals surface area contributed by atoms with Crippen LogP contribution in [0.15, 0.2) is 30.3 Å². The van der Waals surface area contributed by atoms with E-state index in [4.69, 9.17) is 0 Å². The van der Waals surface area contributed by atoms with Crippen LogP contribution in [0.25, 0.3) is 0 Å². The minimum atomic E-state index is 0.167. The molecule has 1 aromatic heterocycles. The molecule has 0 N–H and O–H groups in total. The summed E-state index contributed by atoms with van der Waals surface area (Å²) in [4.78, 5) is 16.1. The molecule has 2 aliphatic heterocycles. The molecule has 1 aromatic carbocycles. The minimum Gasteiger partial charge on any atom is -0.342 e. The van der Waals surface area contributed by atoms with Crippen LogP contribution in [0.4, 0.5) is 0 Å². The lowest BCUT2D eigenvalue weighted by Crippen LogP contribution is -2.40. The van der Waals surface area contributed by atoms with Gasteiger partial charge in [0.1, 0.15) is 11.6 Å². The molecule has 1 fully saturated rings. The topological polar surface area (TPSA) is 54.3 Å². The van der Waals surface area contributed by atoms with Crippen LogP contribution in [0.3, 0.4) is 0 Å². The van der Waals surface area contributed by atoms with Gasteiger partial charge in [0, 0.05) is 45.6 Å². The van der Waals surface area contributed by atoms with Gasteiger partial charge < -0.3 is 9.47 Å². The van der Waals surface area contributed by atoms with Crippen molar-refractivity contribution in [1.82, 2.24) is 24.6 Å². The number of carbonyl (C=O) groups is 1. The SMILES string of the molecule is CC(=O)N1CCC[C@@H](c2nnc3n2CCN(CCc2ccccc2)C3)C1. The Hall–Kier alpha value is -2.21. The predicted molar refractivity (Wildman–Crippen MR) is 99.7 cm³/mol. The van der Waals surface area contributed by atoms with E-state index < -0.39 is 0 Å². The largest absolute Gasteiger partial charge is 0.342 e. The molecule has 2 aromatic rings. The summed E-state index contributed by atoms with van der Waals surface area (Å²) in [7, 11) is 0. The van der Waals surface area contributed by atoms with E-state index in [9.17, 15) is 4.79 Å². The van der Waals surface area contributed by atoms with Crippen molar-refractivity contribution in [2.24, 2.45) is 0 Å². The fraction of sp³-hybridized carbons (Fsp3) is 0.550. The normalized spacial score (nSPS) is 20.8. The van der Waals surface area contributed by atoms with Gasteiger partial charge in [-0.2, -0.15) is 0 Å². The minimum absolute atomic E-state index is 0.167. The number of rotatable bonds is 4. The summed E-state index contributed by atoms with van der Waals surface area (Å²) in [6.07, 6.45) is 3.22. The summed E-state index contributed by atoms with van der Waals surface area (Å²) in [6.45, 7) is 7.21. The molecule has 0 unspecified atom stereocenters. The Morgan fingerprint density at radius 2 is 2.00 bits per heavy atom. The number of likely N-dealkylation sites (tertiary alicyclic amines) is 1. The number of piperidine rings is 1. The average Bonchev–Trinajstić information content (AvgIpc) is 3.10. The van der Waals surface area contributed by atoms with E-state index in [-0.39, 0.29) is 5.91 Å². The van der Waals surface area contributed by atoms with E-state index in [1.165, 1.54) is 5.56 Å². The number of amides is 1. The third kappa shape index (κ3) is 3.65. The monoisotopic (exact) mass is 353 g/mol. The Morgan fingerprint density at radius 3 is 2.81 bits per heavy atom. The highest BCUT2D eigenvalue weighted by molar-refractivity contribution is 5.73. The van der Waals surface area contributed by atoms with Crippen molar-refractivity contribution in [3.05, 3.63) is 47.5 Å². The van der Waals surface area contributed by atoms with Crippen molar-refractivity contribution in [1.29, 1.82) is 0 Å². The average molecular weight is 353 g/mol. The zero-order valence-electron chi connectivity index (χ0n) is 15.5. The van der Waals surface area contributed by atoms with E-state index in [2.05, 4.69) is 50.0 Å². The van der Waals surface area contributed by atoms with Gasteiger partial charge in [0.15, 0.2) is 0 Å². The standard InChI is InChI=1S/C20H27N5O/c1-16(26)24-10-5-8-18(14-24)20-22-21-19-15-23(12-13-25(19)20)11-9-17-6-3-2-4-7-17/h2-4,6-7,18H,5,8-15H2,1H3/t18-/m1/s1. The molecule has 1 saturated heterocycles. The first kappa shape index (κ1) is 17.2. The van der Waals surface area contributed by atoms with E-state index >= 15 is 0 Å². The number of hydrogen-bond donors (Lipinski definition) is 0. The molecule has 0 saturated carbocycles. The van der Waals surface area contributed by atoms with Gasteiger partial charge in [-0.15, -0.1) is 10.2 Å². The third-order valence-corrected chi connectivity index (χ3v) is 5.65. The molecule has 6 heteroatoms. The van der Waals surface area contributed by atoms with Crippen LogP contribution in [0, 0.1) is 0 Å². The maximum atomic E-state index is 11.7. The molecule has 0 bridgehead atoms. The van der Waals surface area contributed by atoms with Gasteiger partial charge in [-0.3, -0.25) is 9.69 Å². The zero-order valence-corrected chi connectivity index (χ0v) is 15.5. The zero-order chi connectivity index (χ0) is 17.9. The maximum absolute atomic E-state index is 11.7. The van der Waals surface area contributed by atoms with Gasteiger partial charge in [-0.05, 0) is 24.8 Å². The molecule has 1 atom stereocenters. The van der Waals surface area contributed by atoms with Crippen LogP contribution < -0.4 is 0 Å². The third-order valence-electron chi connectivity index (χ3n) is 5.65. The maximum Gasteiger partial charge on any atom is 0.219 e. The van der Waals surface area contributed by atoms with Crippen LogP contribution in [0.2, 0.25) is 0 Å². The molecular formula is C20H27N5O. The van der Waals surface area contributed by atoms with Crippen molar-refractivity contribution in [3.63, 3.8) is 0 Å².